The SMILES string of the molecule is CCCc1nc(-c2cccc(N)c2)n[nH]1. The summed E-state index contributed by atoms with van der Waals surface area (Å²) in [7, 11) is 0. The number of nitrogens with one attached hydrogen (secondary N) is 1. The van der Waals surface area contributed by atoms with Crippen molar-refractivity contribution in [3.63, 3.8) is 0 Å². The van der Waals surface area contributed by atoms with E-state index in [0.29, 0.717) is 5.82 Å². The Kier molecular flexibility index (Phi) is 2.67. The first-order valence-electron chi connectivity index (χ1n) is 5.07. The van der Waals surface area contributed by atoms with Gasteiger partial charge in [-0.05, 0) is 18.6 Å². The van der Waals surface area contributed by atoms with Crippen molar-refractivity contribution in [2.24, 2.45) is 0 Å². The van der Waals surface area contributed by atoms with Gasteiger partial charge in [0.2, 0.25) is 0 Å². The minimum Gasteiger partial charge on any atom is -0.399 e. The van der Waals surface area contributed by atoms with Crippen LogP contribution in [0.25, 0.3) is 11.4 Å². The molecule has 1 heterocycles. The van der Waals surface area contributed by atoms with Crippen LogP contribution in [-0.2, 0) is 6.42 Å². The fourth-order valence-corrected chi connectivity index (χ4v) is 1.45. The van der Waals surface area contributed by atoms with Crippen molar-refractivity contribution in [2.75, 3.05) is 5.73 Å². The van der Waals surface area contributed by atoms with Gasteiger partial charge in [-0.15, -0.1) is 0 Å². The Morgan fingerprint density at radius 1 is 1.40 bits per heavy atom. The Hall–Kier alpha value is -1.84. The summed E-state index contributed by atoms with van der Waals surface area (Å²) in [5.74, 6) is 1.64. The molecule has 15 heavy (non-hydrogen) atoms. The molecule has 0 unspecified atom stereocenters. The van der Waals surface area contributed by atoms with Crippen molar-refractivity contribution in [1.29, 1.82) is 0 Å². The van der Waals surface area contributed by atoms with Gasteiger partial charge >= 0.3 is 0 Å². The van der Waals surface area contributed by atoms with E-state index in [0.717, 1.165) is 29.9 Å². The third-order valence-electron chi connectivity index (χ3n) is 2.16. The Morgan fingerprint density at radius 3 is 3.00 bits per heavy atom. The van der Waals surface area contributed by atoms with Crippen molar-refractivity contribution in [3.8, 4) is 11.4 Å². The molecule has 0 fully saturated rings. The van der Waals surface area contributed by atoms with Crippen LogP contribution in [0.2, 0.25) is 0 Å². The Labute approximate surface area is 88.5 Å². The van der Waals surface area contributed by atoms with Gasteiger partial charge in [-0.2, -0.15) is 5.10 Å². The molecule has 78 valence electrons. The van der Waals surface area contributed by atoms with Gasteiger partial charge in [0, 0.05) is 17.7 Å². The fraction of sp³-hybridized carbons (Fsp3) is 0.273. The average Bonchev–Trinajstić information content (AvgIpc) is 2.67. The molecule has 0 saturated heterocycles. The van der Waals surface area contributed by atoms with E-state index in [4.69, 9.17) is 5.73 Å². The second-order valence-corrected chi connectivity index (χ2v) is 3.48. The number of nitrogen functional groups attached to an aromatic ring is 1. The van der Waals surface area contributed by atoms with Crippen molar-refractivity contribution in [3.05, 3.63) is 30.1 Å². The Balaban J connectivity index is 2.29. The standard InChI is InChI=1S/C11H14N4/c1-2-4-10-13-11(15-14-10)8-5-3-6-9(12)7-8/h3,5-7H,2,4,12H2,1H3,(H,13,14,15). The largest absolute Gasteiger partial charge is 0.399 e. The minimum atomic E-state index is 0.714. The van der Waals surface area contributed by atoms with Crippen LogP contribution in [0.4, 0.5) is 5.69 Å². The third-order valence-corrected chi connectivity index (χ3v) is 2.16. The van der Waals surface area contributed by atoms with Gasteiger partial charge in [0.1, 0.15) is 5.82 Å². The third kappa shape index (κ3) is 2.15. The van der Waals surface area contributed by atoms with E-state index in [1.807, 2.05) is 24.3 Å². The molecule has 0 spiro atoms. The molecule has 0 atom stereocenters. The lowest BCUT2D eigenvalue weighted by molar-refractivity contribution is 0.841. The molecule has 2 rings (SSSR count). The number of anilines is 1. The number of nitrogens with zero attached hydrogens (tertiary/aromatic N) is 2. The lowest BCUT2D eigenvalue weighted by Crippen LogP contribution is -1.87. The fourth-order valence-electron chi connectivity index (χ4n) is 1.45. The van der Waals surface area contributed by atoms with Crippen LogP contribution >= 0.6 is 0 Å². The van der Waals surface area contributed by atoms with Crippen molar-refractivity contribution >= 4 is 5.69 Å². The number of nitrogens with two attached hydrogens (primary N) is 1. The van der Waals surface area contributed by atoms with Crippen LogP contribution < -0.4 is 5.73 Å². The van der Waals surface area contributed by atoms with Gasteiger partial charge in [-0.3, -0.25) is 5.10 Å². The predicted molar refractivity (Wildman–Crippen MR) is 60.2 cm³/mol. The molecular formula is C11H14N4. The van der Waals surface area contributed by atoms with Crippen molar-refractivity contribution < 1.29 is 0 Å². The van der Waals surface area contributed by atoms with Crippen LogP contribution in [0.3, 0.4) is 0 Å². The first-order valence-corrected chi connectivity index (χ1v) is 5.07. The maximum Gasteiger partial charge on any atom is 0.181 e. The van der Waals surface area contributed by atoms with E-state index >= 15 is 0 Å². The molecule has 1 aromatic heterocycles. The Morgan fingerprint density at radius 2 is 2.27 bits per heavy atom. The molecule has 0 amide bonds. The van der Waals surface area contributed by atoms with Crippen LogP contribution in [0.15, 0.2) is 24.3 Å². The number of aryl methyl sites for hydroxylation is 1. The van der Waals surface area contributed by atoms with Gasteiger partial charge in [-0.1, -0.05) is 19.1 Å². The monoisotopic (exact) mass is 202 g/mol. The highest BCUT2D eigenvalue weighted by atomic mass is 15.2. The number of hydrogen-bond donors (Lipinski definition) is 2. The summed E-state index contributed by atoms with van der Waals surface area (Å²) < 4.78 is 0. The van der Waals surface area contributed by atoms with E-state index < -0.39 is 0 Å². The lowest BCUT2D eigenvalue weighted by atomic mass is 10.2. The van der Waals surface area contributed by atoms with Gasteiger partial charge in [0.25, 0.3) is 0 Å². The molecule has 4 heteroatoms. The van der Waals surface area contributed by atoms with Gasteiger partial charge in [0.15, 0.2) is 5.82 Å². The number of hydrogen-bond acceptors (Lipinski definition) is 3. The molecule has 0 aliphatic heterocycles. The zero-order chi connectivity index (χ0) is 10.7. The van der Waals surface area contributed by atoms with Crippen LogP contribution in [0.5, 0.6) is 0 Å². The molecule has 0 bridgehead atoms. The molecule has 0 radical (unpaired) electrons. The smallest absolute Gasteiger partial charge is 0.181 e. The highest BCUT2D eigenvalue weighted by Gasteiger charge is 2.04. The van der Waals surface area contributed by atoms with Crippen LogP contribution in [0, 0.1) is 0 Å². The summed E-state index contributed by atoms with van der Waals surface area (Å²) in [5, 5.41) is 7.08. The van der Waals surface area contributed by atoms with Crippen molar-refractivity contribution in [1.82, 2.24) is 15.2 Å². The van der Waals surface area contributed by atoms with Gasteiger partial charge in [0.05, 0.1) is 0 Å². The zero-order valence-corrected chi connectivity index (χ0v) is 8.70. The maximum absolute atomic E-state index is 5.70. The van der Waals surface area contributed by atoms with E-state index in [1.54, 1.807) is 0 Å². The van der Waals surface area contributed by atoms with E-state index in [9.17, 15) is 0 Å². The first-order chi connectivity index (χ1) is 7.29. The molecule has 0 aliphatic carbocycles. The minimum absolute atomic E-state index is 0.714. The number of rotatable bonds is 3. The molecule has 4 nitrogen and oxygen atoms in total. The average molecular weight is 202 g/mol. The summed E-state index contributed by atoms with van der Waals surface area (Å²) in [6.07, 6.45) is 1.99. The molecule has 0 aliphatic rings. The Bertz CT molecular complexity index is 447. The molecule has 0 saturated carbocycles. The van der Waals surface area contributed by atoms with Gasteiger partial charge < -0.3 is 5.73 Å². The highest BCUT2D eigenvalue weighted by molar-refractivity contribution is 5.60. The predicted octanol–water partition coefficient (Wildman–Crippen LogP) is 2.01. The molecule has 3 N–H and O–H groups in total. The van der Waals surface area contributed by atoms with Gasteiger partial charge in [-0.25, -0.2) is 4.98 Å². The maximum atomic E-state index is 5.70. The second kappa shape index (κ2) is 4.13. The number of H-pyrrole nitrogens is 1. The van der Waals surface area contributed by atoms with Crippen LogP contribution in [-0.4, -0.2) is 15.2 Å². The summed E-state index contributed by atoms with van der Waals surface area (Å²) in [6, 6.07) is 7.58. The molecule has 2 aromatic rings. The summed E-state index contributed by atoms with van der Waals surface area (Å²) in [6.45, 7) is 2.11. The number of aromatic amines is 1. The lowest BCUT2D eigenvalue weighted by Gasteiger charge is -1.96. The van der Waals surface area contributed by atoms with E-state index in [-0.39, 0.29) is 0 Å². The first kappa shape index (κ1) is 9.71. The van der Waals surface area contributed by atoms with Crippen molar-refractivity contribution in [2.45, 2.75) is 19.8 Å². The molecular weight excluding hydrogens is 188 g/mol. The number of aromatic nitrogens is 3. The highest BCUT2D eigenvalue weighted by Crippen LogP contribution is 2.17. The molecule has 1 aromatic carbocycles. The number of benzene rings is 1. The summed E-state index contributed by atoms with van der Waals surface area (Å²) in [4.78, 5) is 4.39. The van der Waals surface area contributed by atoms with Crippen LogP contribution in [0.1, 0.15) is 19.2 Å². The normalized spacial score (nSPS) is 10.5. The topological polar surface area (TPSA) is 67.6 Å². The summed E-state index contributed by atoms with van der Waals surface area (Å²) >= 11 is 0. The van der Waals surface area contributed by atoms with E-state index in [2.05, 4.69) is 22.1 Å². The van der Waals surface area contributed by atoms with E-state index in [1.165, 1.54) is 0 Å². The second-order valence-electron chi connectivity index (χ2n) is 3.48. The zero-order valence-electron chi connectivity index (χ0n) is 8.70. The summed E-state index contributed by atoms with van der Waals surface area (Å²) in [5.41, 5.74) is 7.38. The quantitative estimate of drug-likeness (QED) is 0.748.